The van der Waals surface area contributed by atoms with Gasteiger partial charge in [0, 0.05) is 25.9 Å². The summed E-state index contributed by atoms with van der Waals surface area (Å²) in [5.74, 6) is 0.353. The number of hydrogen-bond donors (Lipinski definition) is 2. The molecule has 0 aromatic carbocycles. The number of unbranched alkanes of at least 4 members (excludes halogenated alkanes) is 23. The second-order valence-electron chi connectivity index (χ2n) is 13.1. The quantitative estimate of drug-likeness (QED) is 0.0549. The third kappa shape index (κ3) is 36.6. The van der Waals surface area contributed by atoms with E-state index in [0.29, 0.717) is 25.9 Å². The van der Waals surface area contributed by atoms with Crippen LogP contribution < -0.4 is 10.6 Å². The van der Waals surface area contributed by atoms with Gasteiger partial charge in [-0.2, -0.15) is 0 Å². The van der Waals surface area contributed by atoms with Gasteiger partial charge in [-0.3, -0.25) is 9.59 Å². The van der Waals surface area contributed by atoms with Gasteiger partial charge in [0.1, 0.15) is 0 Å². The van der Waals surface area contributed by atoms with Crippen molar-refractivity contribution >= 4 is 11.8 Å². The maximum absolute atomic E-state index is 12.0. The van der Waals surface area contributed by atoms with Crippen molar-refractivity contribution in [3.8, 4) is 0 Å². The molecule has 0 fully saturated rings. The second kappa shape index (κ2) is 37.6. The molecule has 4 heteroatoms. The van der Waals surface area contributed by atoms with Gasteiger partial charge in [0.2, 0.25) is 11.8 Å². The van der Waals surface area contributed by atoms with Crippen LogP contribution in [-0.4, -0.2) is 24.9 Å². The molecule has 0 rings (SSSR count). The number of nitrogens with one attached hydrogen (secondary N) is 2. The predicted octanol–water partition coefficient (Wildman–Crippen LogP) is 12.1. The van der Waals surface area contributed by atoms with E-state index >= 15 is 0 Å². The molecule has 0 unspecified atom stereocenters. The Labute approximate surface area is 275 Å². The first kappa shape index (κ1) is 42.4. The van der Waals surface area contributed by atoms with E-state index in [9.17, 15) is 9.59 Å². The van der Waals surface area contributed by atoms with Crippen LogP contribution in [0.2, 0.25) is 0 Å². The molecule has 0 bridgehead atoms. The minimum absolute atomic E-state index is 0.177. The fourth-order valence-electron chi connectivity index (χ4n) is 5.59. The fraction of sp³-hybridized carbons (Fsp3) is 0.850. The van der Waals surface area contributed by atoms with Crippen LogP contribution in [0.5, 0.6) is 0 Å². The van der Waals surface area contributed by atoms with Crippen LogP contribution in [0.15, 0.2) is 24.3 Å². The number of carbonyl (C=O) groups excluding carboxylic acids is 2. The first-order valence-electron chi connectivity index (χ1n) is 19.5. The van der Waals surface area contributed by atoms with E-state index in [2.05, 4.69) is 48.8 Å². The molecule has 0 aliphatic heterocycles. The van der Waals surface area contributed by atoms with Crippen LogP contribution in [0.25, 0.3) is 0 Å². The molecular formula is C40H76N2O2. The van der Waals surface area contributed by atoms with Crippen LogP contribution in [-0.2, 0) is 9.59 Å². The SMILES string of the molecule is CCCCCCCC/C=C\CCCCCCCC(=O)NCCCCNC(=O)CCCCCCC/C=C\CCCCCCCC. The first-order valence-corrected chi connectivity index (χ1v) is 19.5. The van der Waals surface area contributed by atoms with Crippen molar-refractivity contribution in [2.24, 2.45) is 0 Å². The van der Waals surface area contributed by atoms with E-state index < -0.39 is 0 Å². The minimum atomic E-state index is 0.177. The third-order valence-corrected chi connectivity index (χ3v) is 8.58. The summed E-state index contributed by atoms with van der Waals surface area (Å²) < 4.78 is 0. The Hall–Kier alpha value is -1.58. The van der Waals surface area contributed by atoms with Gasteiger partial charge in [-0.1, -0.05) is 141 Å². The van der Waals surface area contributed by atoms with Gasteiger partial charge in [0.15, 0.2) is 0 Å². The summed E-state index contributed by atoms with van der Waals surface area (Å²) in [5, 5.41) is 6.08. The molecule has 0 aromatic rings. The molecule has 0 aromatic heterocycles. The highest BCUT2D eigenvalue weighted by Crippen LogP contribution is 2.11. The second-order valence-corrected chi connectivity index (χ2v) is 13.1. The zero-order valence-corrected chi connectivity index (χ0v) is 29.8. The molecule has 0 heterocycles. The molecule has 4 nitrogen and oxygen atoms in total. The van der Waals surface area contributed by atoms with Crippen molar-refractivity contribution < 1.29 is 9.59 Å². The predicted molar refractivity (Wildman–Crippen MR) is 194 cm³/mol. The smallest absolute Gasteiger partial charge is 0.219 e. The minimum Gasteiger partial charge on any atom is -0.356 e. The van der Waals surface area contributed by atoms with Crippen LogP contribution >= 0.6 is 0 Å². The van der Waals surface area contributed by atoms with Crippen LogP contribution in [0.1, 0.15) is 206 Å². The van der Waals surface area contributed by atoms with Gasteiger partial charge in [0.05, 0.1) is 0 Å². The van der Waals surface area contributed by atoms with Crippen LogP contribution in [0, 0.1) is 0 Å². The van der Waals surface area contributed by atoms with Gasteiger partial charge >= 0.3 is 0 Å². The van der Waals surface area contributed by atoms with Crippen LogP contribution in [0.3, 0.4) is 0 Å². The molecular weight excluding hydrogens is 540 g/mol. The lowest BCUT2D eigenvalue weighted by atomic mass is 10.1. The van der Waals surface area contributed by atoms with Gasteiger partial charge in [0.25, 0.3) is 0 Å². The Bertz CT molecular complexity index is 602. The Morgan fingerprint density at radius 2 is 0.636 bits per heavy atom. The fourth-order valence-corrected chi connectivity index (χ4v) is 5.59. The normalized spacial score (nSPS) is 11.6. The van der Waals surface area contributed by atoms with Crippen LogP contribution in [0.4, 0.5) is 0 Å². The molecule has 0 radical (unpaired) electrons. The van der Waals surface area contributed by atoms with E-state index in [0.717, 1.165) is 38.5 Å². The zero-order chi connectivity index (χ0) is 32.0. The van der Waals surface area contributed by atoms with E-state index in [-0.39, 0.29) is 11.8 Å². The third-order valence-electron chi connectivity index (χ3n) is 8.58. The topological polar surface area (TPSA) is 58.2 Å². The summed E-state index contributed by atoms with van der Waals surface area (Å²) in [4.78, 5) is 24.1. The highest BCUT2D eigenvalue weighted by Gasteiger charge is 2.02. The highest BCUT2D eigenvalue weighted by molar-refractivity contribution is 5.76. The van der Waals surface area contributed by atoms with E-state index in [1.54, 1.807) is 0 Å². The Balaban J connectivity index is 3.32. The number of carbonyl (C=O) groups is 2. The Morgan fingerprint density at radius 3 is 0.955 bits per heavy atom. The lowest BCUT2D eigenvalue weighted by Crippen LogP contribution is -2.27. The summed E-state index contributed by atoms with van der Waals surface area (Å²) in [6.45, 7) is 5.98. The van der Waals surface area contributed by atoms with Crippen molar-refractivity contribution in [2.45, 2.75) is 206 Å². The summed E-state index contributed by atoms with van der Waals surface area (Å²) >= 11 is 0. The molecule has 0 saturated carbocycles. The Kier molecular flexibility index (Phi) is 36.3. The molecule has 258 valence electrons. The van der Waals surface area contributed by atoms with Crippen molar-refractivity contribution in [2.75, 3.05) is 13.1 Å². The number of rotatable bonds is 35. The van der Waals surface area contributed by atoms with Crippen molar-refractivity contribution in [1.29, 1.82) is 0 Å². The summed E-state index contributed by atoms with van der Waals surface area (Å²) in [5.41, 5.74) is 0. The summed E-state index contributed by atoms with van der Waals surface area (Å²) in [6.07, 6.45) is 45.8. The summed E-state index contributed by atoms with van der Waals surface area (Å²) in [7, 11) is 0. The standard InChI is InChI=1S/C40H76N2O2/c1-3-5-7-9-11-13-15-17-19-21-23-25-27-29-31-35-39(43)41-37-33-34-38-42-40(44)36-32-30-28-26-24-22-20-18-16-14-12-10-8-6-4-2/h17-20H,3-16,21-38H2,1-2H3,(H,41,43)(H,42,44)/b19-17-,20-18-. The first-order chi connectivity index (χ1) is 21.7. The van der Waals surface area contributed by atoms with Gasteiger partial charge in [-0.15, -0.1) is 0 Å². The lowest BCUT2D eigenvalue weighted by molar-refractivity contribution is -0.122. The largest absolute Gasteiger partial charge is 0.356 e. The molecule has 2 N–H and O–H groups in total. The van der Waals surface area contributed by atoms with E-state index in [1.165, 1.54) is 141 Å². The van der Waals surface area contributed by atoms with Crippen molar-refractivity contribution in [3.05, 3.63) is 24.3 Å². The molecule has 0 aliphatic carbocycles. The van der Waals surface area contributed by atoms with Crippen molar-refractivity contribution in [1.82, 2.24) is 10.6 Å². The maximum atomic E-state index is 12.0. The molecule has 44 heavy (non-hydrogen) atoms. The monoisotopic (exact) mass is 617 g/mol. The van der Waals surface area contributed by atoms with Gasteiger partial charge < -0.3 is 10.6 Å². The number of hydrogen-bond acceptors (Lipinski definition) is 2. The van der Waals surface area contributed by atoms with Gasteiger partial charge in [-0.05, 0) is 77.0 Å². The van der Waals surface area contributed by atoms with Gasteiger partial charge in [-0.25, -0.2) is 0 Å². The average Bonchev–Trinajstić information content (AvgIpc) is 3.02. The molecule has 0 saturated heterocycles. The zero-order valence-electron chi connectivity index (χ0n) is 29.8. The molecule has 0 aliphatic rings. The average molecular weight is 617 g/mol. The number of allylic oxidation sites excluding steroid dienone is 4. The lowest BCUT2D eigenvalue weighted by Gasteiger charge is -2.07. The molecule has 0 atom stereocenters. The molecule has 2 amide bonds. The highest BCUT2D eigenvalue weighted by atomic mass is 16.2. The van der Waals surface area contributed by atoms with Crippen molar-refractivity contribution in [3.63, 3.8) is 0 Å². The molecule has 0 spiro atoms. The maximum Gasteiger partial charge on any atom is 0.219 e. The van der Waals surface area contributed by atoms with E-state index in [1.807, 2.05) is 0 Å². The number of amides is 2. The summed E-state index contributed by atoms with van der Waals surface area (Å²) in [6, 6.07) is 0. The van der Waals surface area contributed by atoms with E-state index in [4.69, 9.17) is 0 Å². The Morgan fingerprint density at radius 1 is 0.364 bits per heavy atom.